The summed E-state index contributed by atoms with van der Waals surface area (Å²) in [7, 11) is -7.66. The van der Waals surface area contributed by atoms with Crippen LogP contribution in [0.1, 0.15) is 21.5 Å². The number of benzene rings is 3. The van der Waals surface area contributed by atoms with Gasteiger partial charge in [-0.25, -0.2) is 21.6 Å². The fourth-order valence-electron chi connectivity index (χ4n) is 3.96. The van der Waals surface area contributed by atoms with Crippen molar-refractivity contribution >= 4 is 43.3 Å². The molecule has 1 amide bonds. The van der Waals surface area contributed by atoms with E-state index < -0.39 is 38.5 Å². The van der Waals surface area contributed by atoms with Crippen LogP contribution in [0.25, 0.3) is 0 Å². The van der Waals surface area contributed by atoms with E-state index in [-0.39, 0.29) is 28.4 Å². The lowest BCUT2D eigenvalue weighted by molar-refractivity contribution is -0.119. The molecule has 11 nitrogen and oxygen atoms in total. The lowest BCUT2D eigenvalue weighted by Gasteiger charge is -2.26. The highest BCUT2D eigenvalue weighted by atomic mass is 32.2. The molecule has 40 heavy (non-hydrogen) atoms. The Morgan fingerprint density at radius 1 is 0.875 bits per heavy atom. The number of ether oxygens (including phenoxy) is 2. The van der Waals surface area contributed by atoms with E-state index >= 15 is 0 Å². The maximum Gasteiger partial charge on any atom is 0.338 e. The Morgan fingerprint density at radius 3 is 2.23 bits per heavy atom. The minimum absolute atomic E-state index is 0.00223. The molecule has 1 fully saturated rings. The molecule has 1 aliphatic rings. The van der Waals surface area contributed by atoms with Gasteiger partial charge in [0.15, 0.2) is 6.61 Å². The van der Waals surface area contributed by atoms with Gasteiger partial charge in [0.2, 0.25) is 10.0 Å². The van der Waals surface area contributed by atoms with Crippen LogP contribution in [0.5, 0.6) is 0 Å². The van der Waals surface area contributed by atoms with Crippen LogP contribution in [0.15, 0.2) is 76.5 Å². The van der Waals surface area contributed by atoms with Crippen molar-refractivity contribution in [2.24, 2.45) is 0 Å². The number of nitrogens with zero attached hydrogens (tertiary/aromatic N) is 1. The molecular formula is C27H29N3O8S2. The summed E-state index contributed by atoms with van der Waals surface area (Å²) in [6, 6.07) is 16.5. The molecule has 0 unspecified atom stereocenters. The van der Waals surface area contributed by atoms with Gasteiger partial charge in [-0.2, -0.15) is 4.31 Å². The van der Waals surface area contributed by atoms with Crippen LogP contribution in [0.2, 0.25) is 0 Å². The first kappa shape index (κ1) is 29.2. The number of sulfonamides is 2. The van der Waals surface area contributed by atoms with E-state index in [9.17, 15) is 26.4 Å². The van der Waals surface area contributed by atoms with E-state index in [0.717, 1.165) is 5.56 Å². The van der Waals surface area contributed by atoms with Crippen molar-refractivity contribution in [2.45, 2.75) is 23.6 Å². The van der Waals surface area contributed by atoms with Crippen molar-refractivity contribution in [1.29, 1.82) is 0 Å². The SMILES string of the molecule is Cc1cccc(NS(=O)(=O)c2ccc(C)c(C(=O)OCC(=O)Nc3ccc(S(=O)(=O)N4CCOCC4)cc3)c2)c1. The van der Waals surface area contributed by atoms with Crippen LogP contribution < -0.4 is 10.0 Å². The third-order valence-corrected chi connectivity index (χ3v) is 9.38. The third kappa shape index (κ3) is 7.04. The van der Waals surface area contributed by atoms with Crippen molar-refractivity contribution in [3.63, 3.8) is 0 Å². The lowest BCUT2D eigenvalue weighted by Crippen LogP contribution is -2.40. The van der Waals surface area contributed by atoms with E-state index in [1.54, 1.807) is 25.1 Å². The summed E-state index contributed by atoms with van der Waals surface area (Å²) in [5, 5.41) is 2.54. The number of carbonyl (C=O) groups is 2. The smallest absolute Gasteiger partial charge is 0.338 e. The molecule has 4 rings (SSSR count). The van der Waals surface area contributed by atoms with Crippen LogP contribution in [-0.4, -0.2) is 65.9 Å². The second kappa shape index (κ2) is 12.2. The summed E-state index contributed by atoms with van der Waals surface area (Å²) in [6.45, 7) is 4.01. The standard InChI is InChI=1S/C27H29N3O8S2/c1-19-4-3-5-22(16-19)29-39(33,34)24-9-6-20(2)25(17-24)27(32)38-18-26(31)28-21-7-10-23(11-8-21)40(35,36)30-12-14-37-15-13-30/h3-11,16-17,29H,12-15,18H2,1-2H3,(H,28,31). The summed E-state index contributed by atoms with van der Waals surface area (Å²) in [5.74, 6) is -1.52. The van der Waals surface area contributed by atoms with Crippen molar-refractivity contribution in [1.82, 2.24) is 4.31 Å². The Bertz CT molecular complexity index is 1620. The Balaban J connectivity index is 1.37. The van der Waals surface area contributed by atoms with Crippen molar-refractivity contribution in [3.05, 3.63) is 83.4 Å². The molecule has 0 aromatic heterocycles. The zero-order valence-electron chi connectivity index (χ0n) is 21.9. The Hall–Kier alpha value is -3.78. The number of amides is 1. The van der Waals surface area contributed by atoms with E-state index in [0.29, 0.717) is 30.2 Å². The third-order valence-electron chi connectivity index (χ3n) is 6.09. The van der Waals surface area contributed by atoms with Gasteiger partial charge in [0, 0.05) is 24.5 Å². The average Bonchev–Trinajstić information content (AvgIpc) is 2.92. The molecule has 0 aliphatic carbocycles. The first-order chi connectivity index (χ1) is 19.0. The molecule has 13 heteroatoms. The van der Waals surface area contributed by atoms with Gasteiger partial charge in [0.1, 0.15) is 0 Å². The number of aryl methyl sites for hydroxylation is 2. The van der Waals surface area contributed by atoms with Gasteiger partial charge in [0.05, 0.1) is 28.6 Å². The Kier molecular flexibility index (Phi) is 8.88. The highest BCUT2D eigenvalue weighted by Crippen LogP contribution is 2.22. The minimum Gasteiger partial charge on any atom is -0.452 e. The molecule has 1 saturated heterocycles. The van der Waals surface area contributed by atoms with Gasteiger partial charge in [0.25, 0.3) is 15.9 Å². The van der Waals surface area contributed by atoms with Gasteiger partial charge in [-0.05, 0) is 73.5 Å². The summed E-state index contributed by atoms with van der Waals surface area (Å²) in [6.07, 6.45) is 0. The van der Waals surface area contributed by atoms with Gasteiger partial charge < -0.3 is 14.8 Å². The topological polar surface area (TPSA) is 148 Å². The van der Waals surface area contributed by atoms with Gasteiger partial charge in [-0.3, -0.25) is 9.52 Å². The monoisotopic (exact) mass is 587 g/mol. The van der Waals surface area contributed by atoms with Crippen molar-refractivity contribution in [3.8, 4) is 0 Å². The normalized spacial score (nSPS) is 14.3. The highest BCUT2D eigenvalue weighted by molar-refractivity contribution is 7.92. The fraction of sp³-hybridized carbons (Fsp3) is 0.259. The highest BCUT2D eigenvalue weighted by Gasteiger charge is 2.26. The average molecular weight is 588 g/mol. The number of morpholine rings is 1. The first-order valence-electron chi connectivity index (χ1n) is 12.3. The van der Waals surface area contributed by atoms with Crippen LogP contribution in [0.4, 0.5) is 11.4 Å². The van der Waals surface area contributed by atoms with Gasteiger partial charge >= 0.3 is 5.97 Å². The zero-order valence-corrected chi connectivity index (χ0v) is 23.5. The van der Waals surface area contributed by atoms with Crippen LogP contribution in [0, 0.1) is 13.8 Å². The van der Waals surface area contributed by atoms with E-state index in [4.69, 9.17) is 9.47 Å². The predicted octanol–water partition coefficient (Wildman–Crippen LogP) is 2.92. The molecule has 212 valence electrons. The summed E-state index contributed by atoms with van der Waals surface area (Å²) in [4.78, 5) is 25.0. The van der Waals surface area contributed by atoms with Crippen molar-refractivity contribution in [2.75, 3.05) is 42.9 Å². The zero-order chi connectivity index (χ0) is 28.9. The second-order valence-electron chi connectivity index (χ2n) is 9.12. The summed E-state index contributed by atoms with van der Waals surface area (Å²) >= 11 is 0. The second-order valence-corrected chi connectivity index (χ2v) is 12.7. The molecule has 3 aromatic carbocycles. The summed E-state index contributed by atoms with van der Waals surface area (Å²) in [5.41, 5.74) is 2.04. The Labute approximate surface area is 233 Å². The molecule has 0 atom stereocenters. The number of anilines is 2. The predicted molar refractivity (Wildman–Crippen MR) is 148 cm³/mol. The maximum absolute atomic E-state index is 12.9. The molecule has 0 bridgehead atoms. The van der Waals surface area contributed by atoms with Crippen LogP contribution in [0.3, 0.4) is 0 Å². The number of hydrogen-bond donors (Lipinski definition) is 2. The van der Waals surface area contributed by atoms with Crippen LogP contribution in [-0.2, 0) is 34.3 Å². The number of nitrogens with one attached hydrogen (secondary N) is 2. The molecule has 3 aromatic rings. The molecule has 1 heterocycles. The van der Waals surface area contributed by atoms with E-state index in [1.165, 1.54) is 46.8 Å². The minimum atomic E-state index is -3.99. The number of hydrogen-bond acceptors (Lipinski definition) is 8. The first-order valence-corrected chi connectivity index (χ1v) is 15.2. The molecular weight excluding hydrogens is 558 g/mol. The molecule has 1 aliphatic heterocycles. The van der Waals surface area contributed by atoms with Crippen molar-refractivity contribution < 1.29 is 35.9 Å². The molecule has 0 radical (unpaired) electrons. The molecule has 0 saturated carbocycles. The van der Waals surface area contributed by atoms with Gasteiger partial charge in [-0.15, -0.1) is 0 Å². The van der Waals surface area contributed by atoms with E-state index in [1.807, 2.05) is 13.0 Å². The number of rotatable bonds is 9. The van der Waals surface area contributed by atoms with Crippen LogP contribution >= 0.6 is 0 Å². The largest absolute Gasteiger partial charge is 0.452 e. The number of esters is 1. The fourth-order valence-corrected chi connectivity index (χ4v) is 6.45. The summed E-state index contributed by atoms with van der Waals surface area (Å²) < 4.78 is 65.3. The van der Waals surface area contributed by atoms with E-state index in [2.05, 4.69) is 10.0 Å². The molecule has 2 N–H and O–H groups in total. The maximum atomic E-state index is 12.9. The Morgan fingerprint density at radius 2 is 1.55 bits per heavy atom. The van der Waals surface area contributed by atoms with Gasteiger partial charge in [-0.1, -0.05) is 18.2 Å². The number of carbonyl (C=O) groups excluding carboxylic acids is 2. The lowest BCUT2D eigenvalue weighted by atomic mass is 10.1. The molecule has 0 spiro atoms. The quantitative estimate of drug-likeness (QED) is 0.363.